The van der Waals surface area contributed by atoms with Gasteiger partial charge in [-0.3, -0.25) is 9.69 Å². The van der Waals surface area contributed by atoms with Crippen molar-refractivity contribution in [3.63, 3.8) is 0 Å². The first-order valence-electron chi connectivity index (χ1n) is 5.85. The highest BCUT2D eigenvalue weighted by Gasteiger charge is 2.25. The molecule has 0 fully saturated rings. The number of anilines is 1. The van der Waals surface area contributed by atoms with Crippen molar-refractivity contribution in [1.82, 2.24) is 0 Å². The molecule has 1 N–H and O–H groups in total. The van der Waals surface area contributed by atoms with E-state index in [1.807, 2.05) is 13.0 Å². The van der Waals surface area contributed by atoms with Gasteiger partial charge in [0.05, 0.1) is 0 Å². The van der Waals surface area contributed by atoms with Crippen LogP contribution in [0.3, 0.4) is 0 Å². The molecule has 18 heavy (non-hydrogen) atoms. The van der Waals surface area contributed by atoms with E-state index >= 15 is 0 Å². The lowest BCUT2D eigenvalue weighted by Gasteiger charge is -2.25. The number of carboxylic acid groups (broad SMARTS) is 1. The molecule has 1 amide bonds. The van der Waals surface area contributed by atoms with Gasteiger partial charge in [-0.1, -0.05) is 31.2 Å². The van der Waals surface area contributed by atoms with Crippen molar-refractivity contribution in [1.29, 1.82) is 0 Å². The number of carbonyl (C=O) groups is 2. The molecule has 0 radical (unpaired) electrons. The number of hydrogen-bond donors (Lipinski definition) is 1. The number of amides is 1. The zero-order valence-corrected chi connectivity index (χ0v) is 10.5. The molecular weight excluding hydrogens is 230 g/mol. The van der Waals surface area contributed by atoms with E-state index in [1.54, 1.807) is 30.3 Å². The number of benzene rings is 1. The van der Waals surface area contributed by atoms with Crippen LogP contribution in [0.2, 0.25) is 0 Å². The lowest BCUT2D eigenvalue weighted by Crippen LogP contribution is -2.42. The van der Waals surface area contributed by atoms with E-state index in [4.69, 9.17) is 5.11 Å². The van der Waals surface area contributed by atoms with Gasteiger partial charge in [0.15, 0.2) is 0 Å². The second kappa shape index (κ2) is 6.59. The van der Waals surface area contributed by atoms with Crippen LogP contribution >= 0.6 is 0 Å². The van der Waals surface area contributed by atoms with Crippen molar-refractivity contribution in [3.05, 3.63) is 42.5 Å². The summed E-state index contributed by atoms with van der Waals surface area (Å²) in [5.74, 6) is -1.35. The molecule has 1 atom stereocenters. The number of rotatable bonds is 5. The van der Waals surface area contributed by atoms with Crippen LogP contribution in [0, 0.1) is 0 Å². The monoisotopic (exact) mass is 247 g/mol. The van der Waals surface area contributed by atoms with Crippen molar-refractivity contribution in [3.8, 4) is 0 Å². The average Bonchev–Trinajstić information content (AvgIpc) is 2.37. The topological polar surface area (TPSA) is 57.6 Å². The molecule has 96 valence electrons. The predicted molar refractivity (Wildman–Crippen MR) is 70.5 cm³/mol. The molecule has 0 saturated heterocycles. The van der Waals surface area contributed by atoms with Gasteiger partial charge in [0, 0.05) is 5.69 Å². The summed E-state index contributed by atoms with van der Waals surface area (Å²) in [5.41, 5.74) is 0.582. The Labute approximate surface area is 107 Å². The summed E-state index contributed by atoms with van der Waals surface area (Å²) in [5, 5.41) is 9.07. The van der Waals surface area contributed by atoms with Crippen LogP contribution in [0.1, 0.15) is 20.3 Å². The van der Waals surface area contributed by atoms with Crippen molar-refractivity contribution < 1.29 is 14.7 Å². The molecule has 0 saturated carbocycles. The summed E-state index contributed by atoms with van der Waals surface area (Å²) >= 11 is 0. The third-order valence-electron chi connectivity index (χ3n) is 2.51. The zero-order chi connectivity index (χ0) is 13.5. The Hall–Kier alpha value is -2.10. The van der Waals surface area contributed by atoms with Crippen molar-refractivity contribution in [2.45, 2.75) is 26.3 Å². The van der Waals surface area contributed by atoms with Crippen molar-refractivity contribution >= 4 is 17.6 Å². The number of para-hydroxylation sites is 1. The Balaban J connectivity index is 3.07. The second-order valence-electron chi connectivity index (χ2n) is 3.87. The minimum Gasteiger partial charge on any atom is -0.480 e. The molecule has 1 aromatic carbocycles. The summed E-state index contributed by atoms with van der Waals surface area (Å²) in [6.07, 6.45) is 3.86. The molecule has 1 rings (SSSR count). The van der Waals surface area contributed by atoms with E-state index in [0.717, 1.165) is 6.42 Å². The fourth-order valence-electron chi connectivity index (χ4n) is 1.54. The fourth-order valence-corrected chi connectivity index (χ4v) is 1.54. The van der Waals surface area contributed by atoms with Crippen molar-refractivity contribution in [2.24, 2.45) is 0 Å². The normalized spacial score (nSPS) is 12.3. The van der Waals surface area contributed by atoms with Crippen LogP contribution in [-0.2, 0) is 9.59 Å². The van der Waals surface area contributed by atoms with Gasteiger partial charge in [-0.25, -0.2) is 4.79 Å². The molecular formula is C14H17NO3. The quantitative estimate of drug-likeness (QED) is 0.813. The van der Waals surface area contributed by atoms with Gasteiger partial charge in [0.2, 0.25) is 0 Å². The highest BCUT2D eigenvalue weighted by Crippen LogP contribution is 2.17. The minimum atomic E-state index is -1.03. The number of carboxylic acids is 1. The molecule has 0 unspecified atom stereocenters. The molecule has 0 heterocycles. The molecule has 0 bridgehead atoms. The van der Waals surface area contributed by atoms with E-state index in [1.165, 1.54) is 17.9 Å². The first-order chi connectivity index (χ1) is 8.57. The van der Waals surface area contributed by atoms with Gasteiger partial charge in [0.1, 0.15) is 6.04 Å². The van der Waals surface area contributed by atoms with E-state index in [2.05, 4.69) is 0 Å². The van der Waals surface area contributed by atoms with E-state index in [9.17, 15) is 9.59 Å². The smallest absolute Gasteiger partial charge is 0.326 e. The Bertz CT molecular complexity index is 440. The number of carbonyl (C=O) groups excluding carboxylic acids is 1. The Morgan fingerprint density at radius 3 is 2.44 bits per heavy atom. The Morgan fingerprint density at radius 1 is 1.33 bits per heavy atom. The third kappa shape index (κ3) is 3.45. The van der Waals surface area contributed by atoms with Crippen LogP contribution in [0.25, 0.3) is 0 Å². The van der Waals surface area contributed by atoms with Gasteiger partial charge < -0.3 is 5.11 Å². The summed E-state index contributed by atoms with van der Waals surface area (Å²) < 4.78 is 0. The van der Waals surface area contributed by atoms with Gasteiger partial charge in [-0.15, -0.1) is 0 Å². The summed E-state index contributed by atoms with van der Waals surface area (Å²) in [7, 11) is 0. The third-order valence-corrected chi connectivity index (χ3v) is 2.51. The Morgan fingerprint density at radius 2 is 1.94 bits per heavy atom. The van der Waals surface area contributed by atoms with Crippen LogP contribution in [-0.4, -0.2) is 23.0 Å². The maximum absolute atomic E-state index is 12.0. The van der Waals surface area contributed by atoms with Gasteiger partial charge in [-0.05, 0) is 31.6 Å². The molecule has 0 aliphatic carbocycles. The molecule has 4 nitrogen and oxygen atoms in total. The maximum Gasteiger partial charge on any atom is 0.326 e. The molecule has 0 aliphatic rings. The zero-order valence-electron chi connectivity index (χ0n) is 10.5. The van der Waals surface area contributed by atoms with Gasteiger partial charge >= 0.3 is 5.97 Å². The minimum absolute atomic E-state index is 0.321. The highest BCUT2D eigenvalue weighted by molar-refractivity contribution is 6.05. The van der Waals surface area contributed by atoms with E-state index < -0.39 is 12.0 Å². The number of nitrogens with zero attached hydrogens (tertiary/aromatic N) is 1. The Kier molecular flexibility index (Phi) is 5.11. The molecule has 0 spiro atoms. The first kappa shape index (κ1) is 14.0. The predicted octanol–water partition coefficient (Wildman–Crippen LogP) is 2.46. The van der Waals surface area contributed by atoms with Crippen molar-refractivity contribution in [2.75, 3.05) is 4.90 Å². The first-order valence-corrected chi connectivity index (χ1v) is 5.85. The number of allylic oxidation sites excluding steroid dienone is 1. The van der Waals surface area contributed by atoms with Crippen LogP contribution < -0.4 is 4.90 Å². The summed E-state index contributed by atoms with van der Waals surface area (Å²) in [4.78, 5) is 24.4. The van der Waals surface area contributed by atoms with Crippen LogP contribution in [0.15, 0.2) is 42.5 Å². The van der Waals surface area contributed by atoms with E-state index in [-0.39, 0.29) is 5.91 Å². The maximum atomic E-state index is 12.0. The second-order valence-corrected chi connectivity index (χ2v) is 3.87. The lowest BCUT2D eigenvalue weighted by molar-refractivity contribution is -0.139. The highest BCUT2D eigenvalue weighted by atomic mass is 16.4. The van der Waals surface area contributed by atoms with Gasteiger partial charge in [0.25, 0.3) is 5.91 Å². The van der Waals surface area contributed by atoms with Crippen LogP contribution in [0.4, 0.5) is 5.69 Å². The van der Waals surface area contributed by atoms with E-state index in [0.29, 0.717) is 5.69 Å². The molecule has 0 aliphatic heterocycles. The lowest BCUT2D eigenvalue weighted by atomic mass is 10.2. The van der Waals surface area contributed by atoms with Crippen LogP contribution in [0.5, 0.6) is 0 Å². The molecule has 4 heteroatoms. The SMILES string of the molecule is CCC=CC(=O)N(c1ccccc1)[C@@H](C)C(=O)O. The number of aliphatic carboxylic acids is 1. The standard InChI is InChI=1S/C14H17NO3/c1-3-4-10-13(16)15(11(2)14(17)18)12-8-6-5-7-9-12/h4-11H,3H2,1-2H3,(H,17,18)/t11-/m0/s1. The molecule has 0 aromatic heterocycles. The fraction of sp³-hybridized carbons (Fsp3) is 0.286. The number of hydrogen-bond acceptors (Lipinski definition) is 2. The molecule has 1 aromatic rings. The largest absolute Gasteiger partial charge is 0.480 e. The summed E-state index contributed by atoms with van der Waals surface area (Å²) in [6, 6.07) is 7.90. The van der Waals surface area contributed by atoms with Gasteiger partial charge in [-0.2, -0.15) is 0 Å². The average molecular weight is 247 g/mol. The summed E-state index contributed by atoms with van der Waals surface area (Å²) in [6.45, 7) is 3.41.